The summed E-state index contributed by atoms with van der Waals surface area (Å²) in [6.45, 7) is 2.50. The second kappa shape index (κ2) is 9.17. The fourth-order valence-corrected chi connectivity index (χ4v) is 1.38. The molecule has 2 amide bonds. The van der Waals surface area contributed by atoms with Crippen LogP contribution in [0.25, 0.3) is 0 Å². The Hall–Kier alpha value is -1.79. The van der Waals surface area contributed by atoms with Gasteiger partial charge in [-0.15, -0.1) is 12.4 Å². The van der Waals surface area contributed by atoms with E-state index in [0.29, 0.717) is 17.9 Å². The first-order valence-electron chi connectivity index (χ1n) is 6.05. The maximum atomic E-state index is 11.4. The Balaban J connectivity index is 0.00000361. The van der Waals surface area contributed by atoms with Crippen LogP contribution in [0.1, 0.15) is 23.7 Å². The van der Waals surface area contributed by atoms with Crippen LogP contribution in [0, 0.1) is 0 Å². The standard InChI is InChI=1S/C13H19N3O3.ClH/c1-9(8-14)16-12(17)6-7-19-11-4-2-10(3-5-11)13(15)18;/h2-5,9H,6-8,14H2,1H3,(H2,15,18)(H,16,17);1H/t9-;/m0./s1. The molecule has 0 fully saturated rings. The van der Waals surface area contributed by atoms with E-state index in [9.17, 15) is 9.59 Å². The third-order valence-electron chi connectivity index (χ3n) is 2.50. The van der Waals surface area contributed by atoms with Crippen molar-refractivity contribution in [3.8, 4) is 5.75 Å². The summed E-state index contributed by atoms with van der Waals surface area (Å²) in [4.78, 5) is 22.3. The number of halogens is 1. The van der Waals surface area contributed by atoms with Crippen LogP contribution in [-0.4, -0.2) is 31.0 Å². The summed E-state index contributed by atoms with van der Waals surface area (Å²) >= 11 is 0. The Labute approximate surface area is 124 Å². The monoisotopic (exact) mass is 301 g/mol. The molecule has 7 heteroatoms. The molecule has 5 N–H and O–H groups in total. The number of nitrogens with one attached hydrogen (secondary N) is 1. The first kappa shape index (κ1) is 18.2. The average molecular weight is 302 g/mol. The zero-order valence-electron chi connectivity index (χ0n) is 11.3. The Morgan fingerprint density at radius 3 is 2.40 bits per heavy atom. The fourth-order valence-electron chi connectivity index (χ4n) is 1.38. The van der Waals surface area contributed by atoms with Gasteiger partial charge in [0, 0.05) is 18.2 Å². The lowest BCUT2D eigenvalue weighted by atomic mass is 10.2. The van der Waals surface area contributed by atoms with Crippen molar-refractivity contribution in [1.82, 2.24) is 5.32 Å². The van der Waals surface area contributed by atoms with Gasteiger partial charge in [0.15, 0.2) is 0 Å². The summed E-state index contributed by atoms with van der Waals surface area (Å²) in [5.41, 5.74) is 10.9. The van der Waals surface area contributed by atoms with Crippen molar-refractivity contribution in [1.29, 1.82) is 0 Å². The number of hydrogen-bond acceptors (Lipinski definition) is 4. The second-order valence-corrected chi connectivity index (χ2v) is 4.19. The van der Waals surface area contributed by atoms with E-state index in [1.54, 1.807) is 24.3 Å². The Bertz CT molecular complexity index is 437. The molecular weight excluding hydrogens is 282 g/mol. The third kappa shape index (κ3) is 6.40. The molecule has 1 atom stereocenters. The number of carbonyl (C=O) groups is 2. The maximum absolute atomic E-state index is 11.4. The molecule has 0 radical (unpaired) electrons. The molecule has 0 aliphatic rings. The SMILES string of the molecule is C[C@@H](CN)NC(=O)CCOc1ccc(C(N)=O)cc1.Cl. The molecule has 0 bridgehead atoms. The van der Waals surface area contributed by atoms with Crippen LogP contribution in [-0.2, 0) is 4.79 Å². The first-order valence-corrected chi connectivity index (χ1v) is 6.05. The molecule has 6 nitrogen and oxygen atoms in total. The Morgan fingerprint density at radius 2 is 1.90 bits per heavy atom. The minimum atomic E-state index is -0.485. The largest absolute Gasteiger partial charge is 0.493 e. The highest BCUT2D eigenvalue weighted by atomic mass is 35.5. The van der Waals surface area contributed by atoms with Gasteiger partial charge in [0.25, 0.3) is 0 Å². The van der Waals surface area contributed by atoms with E-state index in [2.05, 4.69) is 5.32 Å². The minimum absolute atomic E-state index is 0. The molecule has 1 aromatic rings. The number of benzene rings is 1. The van der Waals surface area contributed by atoms with E-state index in [-0.39, 0.29) is 37.4 Å². The summed E-state index contributed by atoms with van der Waals surface area (Å²) in [6, 6.07) is 6.39. The van der Waals surface area contributed by atoms with Gasteiger partial charge in [-0.3, -0.25) is 9.59 Å². The van der Waals surface area contributed by atoms with E-state index < -0.39 is 5.91 Å². The van der Waals surface area contributed by atoms with Gasteiger partial charge in [-0.25, -0.2) is 0 Å². The lowest BCUT2D eigenvalue weighted by Crippen LogP contribution is -2.38. The van der Waals surface area contributed by atoms with Gasteiger partial charge in [0.2, 0.25) is 11.8 Å². The third-order valence-corrected chi connectivity index (χ3v) is 2.50. The number of amides is 2. The molecule has 0 aliphatic heterocycles. The molecular formula is C13H20ClN3O3. The highest BCUT2D eigenvalue weighted by Gasteiger charge is 2.06. The zero-order chi connectivity index (χ0) is 14.3. The highest BCUT2D eigenvalue weighted by Crippen LogP contribution is 2.11. The van der Waals surface area contributed by atoms with Crippen molar-refractivity contribution in [2.45, 2.75) is 19.4 Å². The molecule has 112 valence electrons. The lowest BCUT2D eigenvalue weighted by molar-refractivity contribution is -0.122. The van der Waals surface area contributed by atoms with Gasteiger partial charge in [-0.05, 0) is 31.2 Å². The summed E-state index contributed by atoms with van der Waals surface area (Å²) in [7, 11) is 0. The lowest BCUT2D eigenvalue weighted by Gasteiger charge is -2.11. The van der Waals surface area contributed by atoms with Crippen LogP contribution < -0.4 is 21.5 Å². The fraction of sp³-hybridized carbons (Fsp3) is 0.385. The van der Waals surface area contributed by atoms with Gasteiger partial charge in [0.1, 0.15) is 5.75 Å². The normalized spacial score (nSPS) is 11.1. The van der Waals surface area contributed by atoms with Crippen molar-refractivity contribution < 1.29 is 14.3 Å². The van der Waals surface area contributed by atoms with Crippen LogP contribution in [0.2, 0.25) is 0 Å². The Kier molecular flexibility index (Phi) is 8.35. The van der Waals surface area contributed by atoms with Gasteiger partial charge in [-0.2, -0.15) is 0 Å². The van der Waals surface area contributed by atoms with Gasteiger partial charge in [-0.1, -0.05) is 0 Å². The molecule has 0 aliphatic carbocycles. The molecule has 20 heavy (non-hydrogen) atoms. The van der Waals surface area contributed by atoms with E-state index in [1.807, 2.05) is 6.92 Å². The number of primary amides is 1. The Morgan fingerprint density at radius 1 is 1.30 bits per heavy atom. The smallest absolute Gasteiger partial charge is 0.248 e. The van der Waals surface area contributed by atoms with E-state index in [4.69, 9.17) is 16.2 Å². The topological polar surface area (TPSA) is 107 Å². The molecule has 0 saturated carbocycles. The van der Waals surface area contributed by atoms with Crippen LogP contribution in [0.4, 0.5) is 0 Å². The van der Waals surface area contributed by atoms with E-state index in [1.165, 1.54) is 0 Å². The van der Waals surface area contributed by atoms with Crippen LogP contribution in [0.3, 0.4) is 0 Å². The van der Waals surface area contributed by atoms with Crippen molar-refractivity contribution in [3.63, 3.8) is 0 Å². The van der Waals surface area contributed by atoms with E-state index in [0.717, 1.165) is 0 Å². The zero-order valence-corrected chi connectivity index (χ0v) is 12.1. The molecule has 0 aromatic heterocycles. The first-order chi connectivity index (χ1) is 9.02. The second-order valence-electron chi connectivity index (χ2n) is 4.19. The minimum Gasteiger partial charge on any atom is -0.493 e. The van der Waals surface area contributed by atoms with Crippen molar-refractivity contribution in [2.24, 2.45) is 11.5 Å². The molecule has 1 aromatic carbocycles. The number of hydrogen-bond donors (Lipinski definition) is 3. The predicted octanol–water partition coefficient (Wildman–Crippen LogP) is 0.440. The maximum Gasteiger partial charge on any atom is 0.248 e. The summed E-state index contributed by atoms with van der Waals surface area (Å²) in [5, 5.41) is 2.73. The van der Waals surface area contributed by atoms with Crippen molar-refractivity contribution in [2.75, 3.05) is 13.2 Å². The molecule has 0 unspecified atom stereocenters. The quantitative estimate of drug-likeness (QED) is 0.679. The molecule has 0 spiro atoms. The number of nitrogens with two attached hydrogens (primary N) is 2. The van der Waals surface area contributed by atoms with Gasteiger partial charge >= 0.3 is 0 Å². The van der Waals surface area contributed by atoms with Crippen LogP contribution >= 0.6 is 12.4 Å². The molecule has 0 saturated heterocycles. The van der Waals surface area contributed by atoms with Gasteiger partial charge < -0.3 is 21.5 Å². The van der Waals surface area contributed by atoms with Gasteiger partial charge in [0.05, 0.1) is 13.0 Å². The average Bonchev–Trinajstić information content (AvgIpc) is 2.39. The predicted molar refractivity (Wildman–Crippen MR) is 79.0 cm³/mol. The summed E-state index contributed by atoms with van der Waals surface area (Å²) < 4.78 is 5.38. The van der Waals surface area contributed by atoms with Crippen LogP contribution in [0.15, 0.2) is 24.3 Å². The highest BCUT2D eigenvalue weighted by molar-refractivity contribution is 5.92. The van der Waals surface area contributed by atoms with Crippen LogP contribution in [0.5, 0.6) is 5.75 Å². The molecule has 1 rings (SSSR count). The number of ether oxygens (including phenoxy) is 1. The van der Waals surface area contributed by atoms with E-state index >= 15 is 0 Å². The van der Waals surface area contributed by atoms with Crippen molar-refractivity contribution in [3.05, 3.63) is 29.8 Å². The molecule has 0 heterocycles. The number of carbonyl (C=O) groups excluding carboxylic acids is 2. The summed E-state index contributed by atoms with van der Waals surface area (Å²) in [6.07, 6.45) is 0.252. The summed E-state index contributed by atoms with van der Waals surface area (Å²) in [5.74, 6) is -0.00178. The van der Waals surface area contributed by atoms with Crippen molar-refractivity contribution >= 4 is 24.2 Å². The number of rotatable bonds is 7.